The second-order valence-electron chi connectivity index (χ2n) is 9.58. The van der Waals surface area contributed by atoms with Gasteiger partial charge in [-0.25, -0.2) is 9.18 Å². The molecule has 2 saturated heterocycles. The van der Waals surface area contributed by atoms with Crippen LogP contribution in [0.25, 0.3) is 11.1 Å². The number of nitrogens with zero attached hydrogens (tertiary/aromatic N) is 3. The number of allylic oxidation sites excluding steroid dienone is 1. The van der Waals surface area contributed by atoms with Crippen LogP contribution < -0.4 is 4.74 Å². The van der Waals surface area contributed by atoms with Crippen molar-refractivity contribution in [2.24, 2.45) is 0 Å². The number of ether oxygens (including phenoxy) is 2. The van der Waals surface area contributed by atoms with Crippen molar-refractivity contribution in [1.82, 2.24) is 20.0 Å². The number of carbonyl (C=O) groups is 2. The number of carboxylic acids is 1. The minimum atomic E-state index is -1.05. The number of morpholine rings is 1. The highest BCUT2D eigenvalue weighted by Crippen LogP contribution is 2.36. The van der Waals surface area contributed by atoms with Crippen LogP contribution in [0.1, 0.15) is 31.9 Å². The maximum absolute atomic E-state index is 14.3. The Kier molecular flexibility index (Phi) is 8.58. The zero-order chi connectivity index (χ0) is 27.3. The second-order valence-corrected chi connectivity index (χ2v) is 9.58. The molecule has 0 unspecified atom stereocenters. The van der Waals surface area contributed by atoms with Crippen molar-refractivity contribution >= 4 is 11.9 Å². The lowest BCUT2D eigenvalue weighted by atomic mass is 9.89. The summed E-state index contributed by atoms with van der Waals surface area (Å²) in [5.41, 5.74) is 1.41. The number of piperidine rings is 1. The first-order valence-corrected chi connectivity index (χ1v) is 12.6. The summed E-state index contributed by atoms with van der Waals surface area (Å²) in [6.45, 7) is 4.86. The molecule has 0 bridgehead atoms. The molecule has 0 amide bonds. The van der Waals surface area contributed by atoms with Crippen molar-refractivity contribution < 1.29 is 33.0 Å². The van der Waals surface area contributed by atoms with Crippen molar-refractivity contribution in [1.29, 1.82) is 0 Å². The van der Waals surface area contributed by atoms with Crippen LogP contribution in [-0.4, -0.2) is 82.5 Å². The molecule has 2 fully saturated rings. The number of hydrogen-bond acceptors (Lipinski definition) is 7. The average molecular weight is 531 g/mol. The maximum Gasteiger partial charge on any atom is 0.335 e. The van der Waals surface area contributed by atoms with E-state index in [1.165, 1.54) is 13.2 Å². The molecule has 0 radical (unpaired) electrons. The Hall–Kier alpha value is -3.57. The first-order valence-electron chi connectivity index (χ1n) is 12.6. The molecule has 0 saturated carbocycles. The van der Waals surface area contributed by atoms with Gasteiger partial charge in [-0.3, -0.25) is 19.7 Å². The normalized spacial score (nSPS) is 18.7. The number of carbonyl (C=O) groups excluding carboxylic acids is 1. The third-order valence-electron chi connectivity index (χ3n) is 6.94. The first kappa shape index (κ1) is 27.5. The Morgan fingerprint density at radius 3 is 2.71 bits per heavy atom. The van der Waals surface area contributed by atoms with Crippen LogP contribution in [0, 0.1) is 11.6 Å². The van der Waals surface area contributed by atoms with Gasteiger partial charge in [0.25, 0.3) is 0 Å². The second kappa shape index (κ2) is 11.9. The van der Waals surface area contributed by atoms with Crippen molar-refractivity contribution in [2.45, 2.75) is 38.3 Å². The van der Waals surface area contributed by atoms with Gasteiger partial charge in [0.1, 0.15) is 5.60 Å². The highest BCUT2D eigenvalue weighted by atomic mass is 19.2. The van der Waals surface area contributed by atoms with Crippen LogP contribution in [0.3, 0.4) is 0 Å². The molecule has 1 aromatic heterocycles. The summed E-state index contributed by atoms with van der Waals surface area (Å²) in [6, 6.07) is 2.54. The molecular weight excluding hydrogens is 498 g/mol. The summed E-state index contributed by atoms with van der Waals surface area (Å²) in [4.78, 5) is 27.9. The van der Waals surface area contributed by atoms with E-state index in [-0.39, 0.29) is 23.8 Å². The molecule has 3 heterocycles. The highest BCUT2D eigenvalue weighted by molar-refractivity contribution is 5.89. The van der Waals surface area contributed by atoms with E-state index in [0.29, 0.717) is 63.1 Å². The monoisotopic (exact) mass is 530 g/mol. The van der Waals surface area contributed by atoms with E-state index in [0.717, 1.165) is 11.8 Å². The number of H-pyrrole nitrogens is 1. The zero-order valence-corrected chi connectivity index (χ0v) is 21.5. The summed E-state index contributed by atoms with van der Waals surface area (Å²) in [7, 11) is 1.29. The van der Waals surface area contributed by atoms with E-state index in [2.05, 4.69) is 15.1 Å². The number of rotatable bonds is 9. The van der Waals surface area contributed by atoms with Gasteiger partial charge < -0.3 is 14.6 Å². The summed E-state index contributed by atoms with van der Waals surface area (Å²) in [5, 5.41) is 16.3. The Morgan fingerprint density at radius 2 is 2.03 bits per heavy atom. The standard InChI is InChI=1S/C27H32F2N4O5/c1-3-5-18(26(35)36)6-4-11-33-16-23(34)38-27(17-33)9-12-32(13-10-27)15-22-20(14-30-31-22)19-7-8-21(28)24(29)25(19)37-2/h4-8,14H,3,9-13,15-17H2,1-2H3,(H,30,31)(H,35,36)/b6-4-,18-5+. The van der Waals surface area contributed by atoms with Gasteiger partial charge in [-0.05, 0) is 18.6 Å². The van der Waals surface area contributed by atoms with Crippen LogP contribution in [0.15, 0.2) is 42.1 Å². The highest BCUT2D eigenvalue weighted by Gasteiger charge is 2.43. The van der Waals surface area contributed by atoms with E-state index in [9.17, 15) is 23.5 Å². The van der Waals surface area contributed by atoms with Crippen LogP contribution >= 0.6 is 0 Å². The van der Waals surface area contributed by atoms with Gasteiger partial charge in [-0.2, -0.15) is 9.49 Å². The molecule has 11 heteroatoms. The molecule has 2 aliphatic heterocycles. The largest absolute Gasteiger partial charge is 0.493 e. The molecule has 9 nitrogen and oxygen atoms in total. The number of aromatic nitrogens is 2. The van der Waals surface area contributed by atoms with Crippen LogP contribution in [0.2, 0.25) is 0 Å². The number of halogens is 2. The molecule has 2 aliphatic rings. The molecule has 204 valence electrons. The quantitative estimate of drug-likeness (QED) is 0.288. The molecule has 0 atom stereocenters. The average Bonchev–Trinajstić information content (AvgIpc) is 3.34. The molecule has 0 aliphatic carbocycles. The SMILES string of the molecule is CC/C=C(\C=C/CN1CC(=O)OC2(CCN(Cc3[nH]ncc3-c3ccc(F)c(F)c3OC)CC2)C1)C(=O)O. The Morgan fingerprint density at radius 1 is 1.26 bits per heavy atom. The first-order chi connectivity index (χ1) is 18.2. The molecule has 1 spiro atoms. The topological polar surface area (TPSA) is 108 Å². The van der Waals surface area contributed by atoms with Gasteiger partial charge in [0.2, 0.25) is 5.82 Å². The molecule has 38 heavy (non-hydrogen) atoms. The Bertz CT molecular complexity index is 1230. The fourth-order valence-corrected chi connectivity index (χ4v) is 5.07. The van der Waals surface area contributed by atoms with Crippen LogP contribution in [-0.2, 0) is 20.9 Å². The van der Waals surface area contributed by atoms with Gasteiger partial charge >= 0.3 is 11.9 Å². The number of aliphatic carboxylic acids is 1. The lowest BCUT2D eigenvalue weighted by molar-refractivity contribution is -0.180. The van der Waals surface area contributed by atoms with Gasteiger partial charge in [-0.1, -0.05) is 25.2 Å². The third-order valence-corrected chi connectivity index (χ3v) is 6.94. The van der Waals surface area contributed by atoms with Gasteiger partial charge in [0, 0.05) is 56.7 Å². The molecule has 2 aromatic rings. The van der Waals surface area contributed by atoms with Gasteiger partial charge in [0.15, 0.2) is 11.6 Å². The van der Waals surface area contributed by atoms with Crippen molar-refractivity contribution in [3.8, 4) is 16.9 Å². The van der Waals surface area contributed by atoms with E-state index in [1.807, 2.05) is 11.8 Å². The van der Waals surface area contributed by atoms with Crippen molar-refractivity contribution in [2.75, 3.05) is 39.8 Å². The number of nitrogens with one attached hydrogen (secondary N) is 1. The smallest absolute Gasteiger partial charge is 0.335 e. The summed E-state index contributed by atoms with van der Waals surface area (Å²) >= 11 is 0. The molecule has 2 N–H and O–H groups in total. The van der Waals surface area contributed by atoms with Gasteiger partial charge in [0.05, 0.1) is 31.1 Å². The van der Waals surface area contributed by atoms with Crippen molar-refractivity contribution in [3.63, 3.8) is 0 Å². The van der Waals surface area contributed by atoms with Crippen LogP contribution in [0.5, 0.6) is 5.75 Å². The molecular formula is C27H32F2N4O5. The molecule has 1 aromatic carbocycles. The molecule has 4 rings (SSSR count). The number of aromatic amines is 1. The van der Waals surface area contributed by atoms with Crippen LogP contribution in [0.4, 0.5) is 8.78 Å². The predicted molar refractivity (Wildman–Crippen MR) is 135 cm³/mol. The third kappa shape index (κ3) is 6.11. The fourth-order valence-electron chi connectivity index (χ4n) is 5.07. The number of esters is 1. The minimum Gasteiger partial charge on any atom is -0.493 e. The van der Waals surface area contributed by atoms with E-state index >= 15 is 0 Å². The number of methoxy groups -OCH3 is 1. The Labute approximate surface area is 219 Å². The number of benzene rings is 1. The zero-order valence-electron chi connectivity index (χ0n) is 21.5. The minimum absolute atomic E-state index is 0.156. The number of carboxylic acid groups (broad SMARTS) is 1. The Balaban J connectivity index is 1.39. The van der Waals surface area contributed by atoms with E-state index in [4.69, 9.17) is 9.47 Å². The number of hydrogen-bond donors (Lipinski definition) is 2. The van der Waals surface area contributed by atoms with Crippen molar-refractivity contribution in [3.05, 3.63) is 59.5 Å². The summed E-state index contributed by atoms with van der Waals surface area (Å²) < 4.78 is 38.9. The lowest BCUT2D eigenvalue weighted by Gasteiger charge is -2.46. The summed E-state index contributed by atoms with van der Waals surface area (Å²) in [5.74, 6) is -3.47. The number of likely N-dealkylation sites (tertiary alicyclic amines) is 1. The fraction of sp³-hybridized carbons (Fsp3) is 0.444. The van der Waals surface area contributed by atoms with E-state index < -0.39 is 23.2 Å². The van der Waals surface area contributed by atoms with Gasteiger partial charge in [-0.15, -0.1) is 0 Å². The van der Waals surface area contributed by atoms with E-state index in [1.54, 1.807) is 24.4 Å². The summed E-state index contributed by atoms with van der Waals surface area (Å²) in [6.07, 6.45) is 8.44. The predicted octanol–water partition coefficient (Wildman–Crippen LogP) is 3.53. The maximum atomic E-state index is 14.3. The lowest BCUT2D eigenvalue weighted by Crippen LogP contribution is -2.58.